The van der Waals surface area contributed by atoms with E-state index >= 15 is 0 Å². The Morgan fingerprint density at radius 3 is 3.08 bits per heavy atom. The van der Waals surface area contributed by atoms with Gasteiger partial charge in [0.2, 0.25) is 6.29 Å². The van der Waals surface area contributed by atoms with Crippen LogP contribution < -0.4 is 0 Å². The Morgan fingerprint density at radius 2 is 2.32 bits per heavy atom. The van der Waals surface area contributed by atoms with Gasteiger partial charge in [-0.15, -0.1) is 11.8 Å². The molecule has 1 saturated carbocycles. The van der Waals surface area contributed by atoms with Gasteiger partial charge in [0.25, 0.3) is 0 Å². The van der Waals surface area contributed by atoms with Crippen LogP contribution in [-0.2, 0) is 9.47 Å². The van der Waals surface area contributed by atoms with Crippen LogP contribution in [0.15, 0.2) is 48.8 Å². The number of allylic oxidation sites excluding steroid dienone is 5. The second kappa shape index (κ2) is 8.08. The molecule has 6 atom stereocenters. The first-order valence-electron chi connectivity index (χ1n) is 9.22. The maximum atomic E-state index is 10.4. The third kappa shape index (κ3) is 4.26. The largest absolute Gasteiger partial charge is 0.469 e. The summed E-state index contributed by atoms with van der Waals surface area (Å²) in [6.45, 7) is 3.88. The van der Waals surface area contributed by atoms with Crippen LogP contribution in [0.25, 0.3) is 0 Å². The molecule has 1 N–H and O–H groups in total. The van der Waals surface area contributed by atoms with Crippen LogP contribution >= 0.6 is 0 Å². The van der Waals surface area contributed by atoms with Crippen molar-refractivity contribution in [3.05, 3.63) is 48.8 Å². The lowest BCUT2D eigenvalue weighted by Crippen LogP contribution is -2.22. The Labute approximate surface area is 151 Å². The molecule has 3 aliphatic rings. The van der Waals surface area contributed by atoms with Crippen molar-refractivity contribution in [3.8, 4) is 11.8 Å². The summed E-state index contributed by atoms with van der Waals surface area (Å²) >= 11 is 0. The molecular formula is C22H28O3. The number of aliphatic hydroxyl groups excluding tert-OH is 1. The minimum atomic E-state index is -0.459. The number of aliphatic hydroxyl groups is 1. The molecule has 0 spiro atoms. The number of hydrogen-bond donors (Lipinski definition) is 1. The lowest BCUT2D eigenvalue weighted by molar-refractivity contribution is -0.112. The Hall–Kier alpha value is -1.76. The van der Waals surface area contributed by atoms with E-state index in [2.05, 4.69) is 30.1 Å². The molecule has 3 rings (SSSR count). The molecule has 1 aliphatic heterocycles. The number of ether oxygens (including phenoxy) is 2. The van der Waals surface area contributed by atoms with Crippen LogP contribution in [0.4, 0.5) is 0 Å². The van der Waals surface area contributed by atoms with Crippen LogP contribution in [0.2, 0.25) is 0 Å². The van der Waals surface area contributed by atoms with Gasteiger partial charge in [0, 0.05) is 11.8 Å². The van der Waals surface area contributed by atoms with Crippen molar-refractivity contribution in [1.82, 2.24) is 0 Å². The Balaban J connectivity index is 1.61. The minimum absolute atomic E-state index is 0.00994. The van der Waals surface area contributed by atoms with Crippen LogP contribution in [0, 0.1) is 29.1 Å². The summed E-state index contributed by atoms with van der Waals surface area (Å²) in [5.41, 5.74) is 0.00994. The number of fused-ring (bicyclic) bond motifs is 1. The molecule has 0 saturated heterocycles. The molecule has 1 heterocycles. The van der Waals surface area contributed by atoms with Crippen molar-refractivity contribution in [2.45, 2.75) is 58.0 Å². The molecule has 25 heavy (non-hydrogen) atoms. The first-order valence-corrected chi connectivity index (χ1v) is 9.22. The van der Waals surface area contributed by atoms with Gasteiger partial charge in [-0.2, -0.15) is 0 Å². The zero-order valence-corrected chi connectivity index (χ0v) is 15.1. The molecule has 0 radical (unpaired) electrons. The summed E-state index contributed by atoms with van der Waals surface area (Å²) in [5.74, 6) is 6.64. The topological polar surface area (TPSA) is 38.7 Å². The molecule has 0 aromatic carbocycles. The lowest BCUT2D eigenvalue weighted by atomic mass is 9.80. The van der Waals surface area contributed by atoms with Gasteiger partial charge in [-0.1, -0.05) is 37.3 Å². The van der Waals surface area contributed by atoms with Crippen molar-refractivity contribution in [2.75, 3.05) is 0 Å². The Kier molecular flexibility index (Phi) is 5.83. The molecule has 0 amide bonds. The number of rotatable bonds is 6. The first-order chi connectivity index (χ1) is 12.1. The van der Waals surface area contributed by atoms with Gasteiger partial charge < -0.3 is 14.6 Å². The molecule has 3 heteroatoms. The summed E-state index contributed by atoms with van der Waals surface area (Å²) < 4.78 is 11.6. The molecule has 1 fully saturated rings. The van der Waals surface area contributed by atoms with E-state index in [4.69, 9.17) is 9.47 Å². The summed E-state index contributed by atoms with van der Waals surface area (Å²) in [7, 11) is 0. The van der Waals surface area contributed by atoms with E-state index < -0.39 is 6.10 Å². The molecular weight excluding hydrogens is 312 g/mol. The zero-order valence-electron chi connectivity index (χ0n) is 15.1. The zero-order chi connectivity index (χ0) is 17.7. The fourth-order valence-corrected chi connectivity index (χ4v) is 4.00. The molecule has 134 valence electrons. The summed E-state index contributed by atoms with van der Waals surface area (Å²) in [6.07, 6.45) is 19.4. The van der Waals surface area contributed by atoms with Crippen molar-refractivity contribution in [2.24, 2.45) is 17.3 Å². The van der Waals surface area contributed by atoms with Crippen molar-refractivity contribution >= 4 is 0 Å². The lowest BCUT2D eigenvalue weighted by Gasteiger charge is -2.25. The highest BCUT2D eigenvalue weighted by atomic mass is 16.7. The highest BCUT2D eigenvalue weighted by molar-refractivity contribution is 5.24. The smallest absolute Gasteiger partial charge is 0.219 e. The highest BCUT2D eigenvalue weighted by Crippen LogP contribution is 2.52. The average Bonchev–Trinajstić information content (AvgIpc) is 3.15. The summed E-state index contributed by atoms with van der Waals surface area (Å²) in [5, 5.41) is 10.4. The standard InChI is InChI=1S/C22H28O3/c1-3-4-8-17(2)20(23)11-13-22-12-7-9-18(22)15-19(16-22)25-21-10-5-6-14-24-21/h5-7,10-14,17-21,23H,8-9,15-16H2,1-2H3/b13-11-/t17?,18-,19+,20?,21+,22-/m0/s1. The van der Waals surface area contributed by atoms with Crippen LogP contribution in [-0.4, -0.2) is 23.6 Å². The third-order valence-electron chi connectivity index (χ3n) is 5.52. The molecule has 0 bridgehead atoms. The first kappa shape index (κ1) is 18.0. The monoisotopic (exact) mass is 340 g/mol. The molecule has 0 aromatic heterocycles. The predicted molar refractivity (Wildman–Crippen MR) is 99.3 cm³/mol. The van der Waals surface area contributed by atoms with Crippen LogP contribution in [0.5, 0.6) is 0 Å². The normalized spacial score (nSPS) is 35.2. The van der Waals surface area contributed by atoms with E-state index in [1.54, 1.807) is 6.26 Å². The van der Waals surface area contributed by atoms with E-state index in [-0.39, 0.29) is 23.7 Å². The van der Waals surface area contributed by atoms with Crippen molar-refractivity contribution in [1.29, 1.82) is 0 Å². The van der Waals surface area contributed by atoms with Gasteiger partial charge in [0.05, 0.1) is 18.5 Å². The average molecular weight is 340 g/mol. The molecule has 0 aromatic rings. The van der Waals surface area contributed by atoms with Crippen molar-refractivity contribution in [3.63, 3.8) is 0 Å². The minimum Gasteiger partial charge on any atom is -0.469 e. The second-order valence-electron chi connectivity index (χ2n) is 7.32. The van der Waals surface area contributed by atoms with Gasteiger partial charge in [-0.05, 0) is 50.2 Å². The molecule has 2 aliphatic carbocycles. The summed E-state index contributed by atoms with van der Waals surface area (Å²) in [6, 6.07) is 0. The van der Waals surface area contributed by atoms with Gasteiger partial charge >= 0.3 is 0 Å². The van der Waals surface area contributed by atoms with Crippen LogP contribution in [0.1, 0.15) is 39.5 Å². The van der Waals surface area contributed by atoms with E-state index in [0.29, 0.717) is 5.92 Å². The van der Waals surface area contributed by atoms with Gasteiger partial charge in [-0.3, -0.25) is 0 Å². The fraction of sp³-hybridized carbons (Fsp3) is 0.545. The Bertz CT molecular complexity index is 633. The summed E-state index contributed by atoms with van der Waals surface area (Å²) in [4.78, 5) is 0. The SMILES string of the molecule is CC#CCC(C)C(O)/C=C\[C@]12C=CC[C@H]1C[C@@H](O[C@@H]1C=CC=CO1)C2. The van der Waals surface area contributed by atoms with Crippen LogP contribution in [0.3, 0.4) is 0 Å². The maximum Gasteiger partial charge on any atom is 0.219 e. The van der Waals surface area contributed by atoms with Crippen molar-refractivity contribution < 1.29 is 14.6 Å². The van der Waals surface area contributed by atoms with Gasteiger partial charge in [-0.25, -0.2) is 0 Å². The van der Waals surface area contributed by atoms with E-state index in [0.717, 1.165) is 25.7 Å². The Morgan fingerprint density at radius 1 is 1.44 bits per heavy atom. The van der Waals surface area contributed by atoms with Gasteiger partial charge in [0.15, 0.2) is 0 Å². The van der Waals surface area contributed by atoms with E-state index in [1.165, 1.54) is 0 Å². The maximum absolute atomic E-state index is 10.4. The number of hydrogen-bond acceptors (Lipinski definition) is 3. The second-order valence-corrected chi connectivity index (χ2v) is 7.32. The van der Waals surface area contributed by atoms with Gasteiger partial charge in [0.1, 0.15) is 0 Å². The quantitative estimate of drug-likeness (QED) is 0.584. The molecule has 3 nitrogen and oxygen atoms in total. The predicted octanol–water partition coefficient (Wildman–Crippen LogP) is 4.12. The third-order valence-corrected chi connectivity index (χ3v) is 5.52. The van der Waals surface area contributed by atoms with E-state index in [9.17, 15) is 5.11 Å². The highest BCUT2D eigenvalue weighted by Gasteiger charge is 2.46. The fourth-order valence-electron chi connectivity index (χ4n) is 4.00. The van der Waals surface area contributed by atoms with E-state index in [1.807, 2.05) is 38.2 Å². The molecule has 2 unspecified atom stereocenters.